The fourth-order valence-electron chi connectivity index (χ4n) is 3.09. The minimum Gasteiger partial charge on any atom is -0.497 e. The lowest BCUT2D eigenvalue weighted by atomic mass is 10.2. The van der Waals surface area contributed by atoms with Gasteiger partial charge in [-0.25, -0.2) is 0 Å². The summed E-state index contributed by atoms with van der Waals surface area (Å²) in [5.41, 5.74) is 2.25. The molecule has 2 aromatic carbocycles. The first-order valence-corrected chi connectivity index (χ1v) is 9.91. The van der Waals surface area contributed by atoms with Gasteiger partial charge < -0.3 is 19.5 Å². The van der Waals surface area contributed by atoms with Gasteiger partial charge in [-0.2, -0.15) is 0 Å². The highest BCUT2D eigenvalue weighted by Crippen LogP contribution is 2.30. The molecule has 148 valence electrons. The van der Waals surface area contributed by atoms with Crippen molar-refractivity contribution in [2.45, 2.75) is 5.16 Å². The zero-order valence-corrected chi connectivity index (χ0v) is 16.8. The Bertz CT molecular complexity index is 1060. The van der Waals surface area contributed by atoms with Gasteiger partial charge in [0.15, 0.2) is 11.0 Å². The smallest absolute Gasteiger partial charge is 0.244 e. The lowest BCUT2D eigenvalue weighted by Crippen LogP contribution is -2.43. The van der Waals surface area contributed by atoms with Crippen LogP contribution in [-0.4, -0.2) is 46.0 Å². The number of hydrogen-bond acceptors (Lipinski definition) is 6. The van der Waals surface area contributed by atoms with Gasteiger partial charge in [0, 0.05) is 12.6 Å². The second-order valence-corrected chi connectivity index (χ2v) is 7.37. The van der Waals surface area contributed by atoms with Crippen LogP contribution in [0.1, 0.15) is 0 Å². The number of carbonyl (C=O) groups is 2. The third-order valence-corrected chi connectivity index (χ3v) is 5.58. The molecule has 0 fully saturated rings. The van der Waals surface area contributed by atoms with Crippen molar-refractivity contribution >= 4 is 35.0 Å². The van der Waals surface area contributed by atoms with Crippen molar-refractivity contribution in [1.29, 1.82) is 0 Å². The van der Waals surface area contributed by atoms with Gasteiger partial charge in [-0.1, -0.05) is 23.9 Å². The van der Waals surface area contributed by atoms with E-state index in [0.717, 1.165) is 11.3 Å². The molecule has 2 heterocycles. The Kier molecular flexibility index (Phi) is 5.22. The van der Waals surface area contributed by atoms with Gasteiger partial charge in [-0.05, 0) is 36.4 Å². The number of aromatic nitrogens is 3. The number of nitrogens with one attached hydrogen (secondary N) is 1. The van der Waals surface area contributed by atoms with Gasteiger partial charge in [0.05, 0.1) is 24.2 Å². The van der Waals surface area contributed by atoms with E-state index >= 15 is 0 Å². The average molecular weight is 409 g/mol. The number of hydrogen-bond donors (Lipinski definition) is 1. The second kappa shape index (κ2) is 7.96. The third-order valence-electron chi connectivity index (χ3n) is 4.58. The summed E-state index contributed by atoms with van der Waals surface area (Å²) in [7, 11) is 3.48. The van der Waals surface area contributed by atoms with Gasteiger partial charge in [0.1, 0.15) is 12.3 Å². The highest BCUT2D eigenvalue weighted by molar-refractivity contribution is 7.99. The minimum atomic E-state index is -0.206. The molecule has 1 aliphatic heterocycles. The van der Waals surface area contributed by atoms with Crippen LogP contribution < -0.4 is 15.0 Å². The molecule has 0 saturated carbocycles. The summed E-state index contributed by atoms with van der Waals surface area (Å²) in [6.45, 7) is 0.00627. The van der Waals surface area contributed by atoms with E-state index in [2.05, 4.69) is 15.5 Å². The van der Waals surface area contributed by atoms with E-state index in [-0.39, 0.29) is 24.1 Å². The van der Waals surface area contributed by atoms with Gasteiger partial charge in [-0.15, -0.1) is 10.2 Å². The first-order chi connectivity index (χ1) is 14.1. The van der Waals surface area contributed by atoms with Crippen LogP contribution in [0.4, 0.5) is 11.4 Å². The van der Waals surface area contributed by atoms with E-state index in [0.29, 0.717) is 22.4 Å². The Hall–Kier alpha value is -3.33. The lowest BCUT2D eigenvalue weighted by molar-refractivity contribution is -0.120. The summed E-state index contributed by atoms with van der Waals surface area (Å²) in [5, 5.41) is 11.9. The van der Waals surface area contributed by atoms with E-state index in [9.17, 15) is 9.59 Å². The number of nitrogens with zero attached hydrogens (tertiary/aromatic N) is 4. The molecule has 0 aliphatic carbocycles. The van der Waals surface area contributed by atoms with Gasteiger partial charge >= 0.3 is 0 Å². The fourth-order valence-corrected chi connectivity index (χ4v) is 3.88. The summed E-state index contributed by atoms with van der Waals surface area (Å²) in [5.74, 6) is 1.25. The molecule has 1 N–H and O–H groups in total. The van der Waals surface area contributed by atoms with Crippen molar-refractivity contribution in [2.75, 3.05) is 29.6 Å². The normalized spacial score (nSPS) is 13.0. The largest absolute Gasteiger partial charge is 0.497 e. The van der Waals surface area contributed by atoms with E-state index < -0.39 is 0 Å². The maximum absolute atomic E-state index is 12.8. The number of rotatable bonds is 5. The fraction of sp³-hybridized carbons (Fsp3) is 0.200. The molecule has 1 aliphatic rings. The molecule has 2 amide bonds. The Morgan fingerprint density at radius 2 is 1.93 bits per heavy atom. The SMILES string of the molecule is COc1ccc(-c2nnc(SCC(=O)N3CC(=O)Nc4ccccc43)n2C)cc1. The summed E-state index contributed by atoms with van der Waals surface area (Å²) in [4.78, 5) is 26.2. The van der Waals surface area contributed by atoms with E-state index in [1.54, 1.807) is 13.2 Å². The number of amides is 2. The quantitative estimate of drug-likeness (QED) is 0.652. The Morgan fingerprint density at radius 1 is 1.17 bits per heavy atom. The van der Waals surface area contributed by atoms with Crippen molar-refractivity contribution in [3.63, 3.8) is 0 Å². The second-order valence-electron chi connectivity index (χ2n) is 6.43. The minimum absolute atomic E-state index is 0.00627. The van der Waals surface area contributed by atoms with Crippen LogP contribution in [-0.2, 0) is 16.6 Å². The summed E-state index contributed by atoms with van der Waals surface area (Å²) < 4.78 is 7.02. The zero-order valence-electron chi connectivity index (χ0n) is 16.0. The molecular weight excluding hydrogens is 390 g/mol. The maximum Gasteiger partial charge on any atom is 0.244 e. The van der Waals surface area contributed by atoms with Gasteiger partial charge in [-0.3, -0.25) is 9.59 Å². The number of thioether (sulfide) groups is 1. The Labute approximate surface area is 171 Å². The predicted molar refractivity (Wildman–Crippen MR) is 111 cm³/mol. The van der Waals surface area contributed by atoms with Crippen LogP contribution in [0.2, 0.25) is 0 Å². The van der Waals surface area contributed by atoms with Gasteiger partial charge in [0.25, 0.3) is 0 Å². The van der Waals surface area contributed by atoms with Crippen molar-refractivity contribution < 1.29 is 14.3 Å². The highest BCUT2D eigenvalue weighted by atomic mass is 32.2. The van der Waals surface area contributed by atoms with Crippen LogP contribution in [0.5, 0.6) is 5.75 Å². The summed E-state index contributed by atoms with van der Waals surface area (Å²) >= 11 is 1.29. The van der Waals surface area contributed by atoms with Crippen molar-refractivity contribution in [3.8, 4) is 17.1 Å². The summed E-state index contributed by atoms with van der Waals surface area (Å²) in [6.07, 6.45) is 0. The zero-order chi connectivity index (χ0) is 20.4. The molecule has 0 bridgehead atoms. The van der Waals surface area contributed by atoms with E-state index in [4.69, 9.17) is 4.74 Å². The molecule has 4 rings (SSSR count). The molecule has 8 nitrogen and oxygen atoms in total. The standard InChI is InChI=1S/C20H19N5O3S/c1-24-19(13-7-9-14(28-2)10-8-13)22-23-20(24)29-12-18(27)25-11-17(26)21-15-5-3-4-6-16(15)25/h3-10H,11-12H2,1-2H3,(H,21,26). The average Bonchev–Trinajstić information content (AvgIpc) is 3.11. The Balaban J connectivity index is 1.48. The van der Waals surface area contributed by atoms with Gasteiger partial charge in [0.2, 0.25) is 11.8 Å². The number of ether oxygens (including phenoxy) is 1. The van der Waals surface area contributed by atoms with Crippen molar-refractivity contribution in [3.05, 3.63) is 48.5 Å². The first kappa shape index (κ1) is 19.0. The van der Waals surface area contributed by atoms with Crippen LogP contribution in [0.15, 0.2) is 53.7 Å². The summed E-state index contributed by atoms with van der Waals surface area (Å²) in [6, 6.07) is 14.8. The maximum atomic E-state index is 12.8. The van der Waals surface area contributed by atoms with Crippen LogP contribution in [0.25, 0.3) is 11.4 Å². The molecule has 0 unspecified atom stereocenters. The molecule has 3 aromatic rings. The monoisotopic (exact) mass is 409 g/mol. The molecule has 0 spiro atoms. The molecule has 0 atom stereocenters. The lowest BCUT2D eigenvalue weighted by Gasteiger charge is -2.28. The van der Waals surface area contributed by atoms with Crippen molar-refractivity contribution in [1.82, 2.24) is 14.8 Å². The van der Waals surface area contributed by atoms with Crippen LogP contribution >= 0.6 is 11.8 Å². The molecule has 1 aromatic heterocycles. The Morgan fingerprint density at radius 3 is 2.69 bits per heavy atom. The third kappa shape index (κ3) is 3.81. The number of benzene rings is 2. The molecule has 9 heteroatoms. The first-order valence-electron chi connectivity index (χ1n) is 8.92. The van der Waals surface area contributed by atoms with E-state index in [1.807, 2.05) is 54.1 Å². The molecule has 29 heavy (non-hydrogen) atoms. The number of methoxy groups -OCH3 is 1. The highest BCUT2D eigenvalue weighted by Gasteiger charge is 2.27. The van der Waals surface area contributed by atoms with E-state index in [1.165, 1.54) is 16.7 Å². The van der Waals surface area contributed by atoms with Crippen molar-refractivity contribution in [2.24, 2.45) is 7.05 Å². The van der Waals surface area contributed by atoms with Crippen LogP contribution in [0, 0.1) is 0 Å². The predicted octanol–water partition coefficient (Wildman–Crippen LogP) is 2.57. The van der Waals surface area contributed by atoms with Crippen LogP contribution in [0.3, 0.4) is 0 Å². The number of anilines is 2. The number of para-hydroxylation sites is 2. The number of carbonyl (C=O) groups excluding carboxylic acids is 2. The number of fused-ring (bicyclic) bond motifs is 1. The molecular formula is C20H19N5O3S. The molecule has 0 saturated heterocycles. The molecule has 0 radical (unpaired) electrons. The topological polar surface area (TPSA) is 89.4 Å².